The first-order valence-corrected chi connectivity index (χ1v) is 8.58. The van der Waals surface area contributed by atoms with Gasteiger partial charge in [0.1, 0.15) is 0 Å². The second-order valence-electron chi connectivity index (χ2n) is 5.66. The number of nitrogens with one attached hydrogen (secondary N) is 1. The van der Waals surface area contributed by atoms with Crippen molar-refractivity contribution in [2.24, 2.45) is 0 Å². The largest absolute Gasteiger partial charge is 0.314 e. The summed E-state index contributed by atoms with van der Waals surface area (Å²) in [6, 6.07) is 0.790. The van der Waals surface area contributed by atoms with E-state index in [0.717, 1.165) is 12.6 Å². The Morgan fingerprint density at radius 3 is 1.44 bits per heavy atom. The maximum atomic E-state index is 3.66. The molecule has 0 fully saturated rings. The van der Waals surface area contributed by atoms with Crippen molar-refractivity contribution in [1.29, 1.82) is 0 Å². The van der Waals surface area contributed by atoms with Gasteiger partial charge in [-0.05, 0) is 19.4 Å². The molecule has 0 saturated carbocycles. The lowest BCUT2D eigenvalue weighted by Crippen LogP contribution is -2.28. The summed E-state index contributed by atoms with van der Waals surface area (Å²) >= 11 is 0. The molecule has 0 aliphatic heterocycles. The van der Waals surface area contributed by atoms with Gasteiger partial charge < -0.3 is 5.32 Å². The van der Waals surface area contributed by atoms with E-state index in [1.54, 1.807) is 0 Å². The van der Waals surface area contributed by atoms with Crippen molar-refractivity contribution >= 4 is 0 Å². The van der Waals surface area contributed by atoms with Crippen LogP contribution in [0.2, 0.25) is 0 Å². The molecular weight excluding hydrogens is 218 g/mol. The van der Waals surface area contributed by atoms with E-state index in [-0.39, 0.29) is 0 Å². The predicted octanol–water partition coefficient (Wildman–Crippen LogP) is 5.69. The molecule has 1 nitrogen and oxygen atoms in total. The third-order valence-corrected chi connectivity index (χ3v) is 3.81. The second kappa shape index (κ2) is 15.0. The Morgan fingerprint density at radius 1 is 0.611 bits per heavy atom. The number of hydrogen-bond donors (Lipinski definition) is 1. The van der Waals surface area contributed by atoms with E-state index in [1.165, 1.54) is 77.0 Å². The van der Waals surface area contributed by atoms with E-state index in [4.69, 9.17) is 0 Å². The fourth-order valence-electron chi connectivity index (χ4n) is 2.63. The summed E-state index contributed by atoms with van der Waals surface area (Å²) < 4.78 is 0. The average Bonchev–Trinajstić information content (AvgIpc) is 2.38. The Hall–Kier alpha value is -0.0400. The van der Waals surface area contributed by atoms with E-state index < -0.39 is 0 Å². The molecule has 0 aromatic rings. The lowest BCUT2D eigenvalue weighted by Gasteiger charge is -2.17. The minimum Gasteiger partial charge on any atom is -0.314 e. The molecule has 1 N–H and O–H groups in total. The molecule has 0 atom stereocenters. The zero-order chi connectivity index (χ0) is 13.5. The van der Waals surface area contributed by atoms with Crippen LogP contribution in [0.3, 0.4) is 0 Å². The third kappa shape index (κ3) is 12.4. The van der Waals surface area contributed by atoms with Crippen LogP contribution in [0.5, 0.6) is 0 Å². The number of rotatable bonds is 14. The van der Waals surface area contributed by atoms with Crippen LogP contribution >= 0.6 is 0 Å². The van der Waals surface area contributed by atoms with Crippen molar-refractivity contribution < 1.29 is 0 Å². The molecule has 0 aliphatic rings. The third-order valence-electron chi connectivity index (χ3n) is 3.81. The van der Waals surface area contributed by atoms with Gasteiger partial charge in [0.25, 0.3) is 0 Å². The topological polar surface area (TPSA) is 12.0 Å². The van der Waals surface area contributed by atoms with Gasteiger partial charge in [0, 0.05) is 6.04 Å². The molecule has 18 heavy (non-hydrogen) atoms. The maximum Gasteiger partial charge on any atom is 0.00669 e. The quantitative estimate of drug-likeness (QED) is 0.393. The lowest BCUT2D eigenvalue weighted by molar-refractivity contribution is 0.421. The Labute approximate surface area is 116 Å². The predicted molar refractivity (Wildman–Crippen MR) is 84.2 cm³/mol. The van der Waals surface area contributed by atoms with Crippen molar-refractivity contribution in [3.8, 4) is 0 Å². The van der Waals surface area contributed by atoms with Crippen LogP contribution in [0.25, 0.3) is 0 Å². The molecule has 0 amide bonds. The van der Waals surface area contributed by atoms with E-state index >= 15 is 0 Å². The highest BCUT2D eigenvalue weighted by Crippen LogP contribution is 2.13. The maximum absolute atomic E-state index is 3.66. The summed E-state index contributed by atoms with van der Waals surface area (Å²) in [6.45, 7) is 7.95. The van der Waals surface area contributed by atoms with Crippen molar-refractivity contribution in [2.45, 2.75) is 104 Å². The van der Waals surface area contributed by atoms with Gasteiger partial charge in [-0.1, -0.05) is 85.0 Å². The first kappa shape index (κ1) is 18.0. The van der Waals surface area contributed by atoms with Gasteiger partial charge in [-0.3, -0.25) is 0 Å². The second-order valence-corrected chi connectivity index (χ2v) is 5.66. The summed E-state index contributed by atoms with van der Waals surface area (Å²) in [4.78, 5) is 0. The summed E-state index contributed by atoms with van der Waals surface area (Å²) in [6.07, 6.45) is 16.9. The smallest absolute Gasteiger partial charge is 0.00669 e. The highest BCUT2D eigenvalue weighted by molar-refractivity contribution is 4.66. The zero-order valence-electron chi connectivity index (χ0n) is 13.3. The van der Waals surface area contributed by atoms with E-state index in [0.29, 0.717) is 0 Å². The van der Waals surface area contributed by atoms with Gasteiger partial charge in [-0.15, -0.1) is 0 Å². The van der Waals surface area contributed by atoms with Crippen molar-refractivity contribution in [2.75, 3.05) is 6.54 Å². The Morgan fingerprint density at radius 2 is 1.06 bits per heavy atom. The highest BCUT2D eigenvalue weighted by Gasteiger charge is 2.06. The molecule has 0 aliphatic carbocycles. The van der Waals surface area contributed by atoms with Gasteiger partial charge in [0.05, 0.1) is 0 Å². The SMILES string of the molecule is CCCCCCCC(CCCCCCC)NCC. The van der Waals surface area contributed by atoms with E-state index in [9.17, 15) is 0 Å². The first-order chi connectivity index (χ1) is 8.85. The van der Waals surface area contributed by atoms with Gasteiger partial charge in [-0.2, -0.15) is 0 Å². The normalized spacial score (nSPS) is 11.3. The van der Waals surface area contributed by atoms with Crippen molar-refractivity contribution in [3.63, 3.8) is 0 Å². The van der Waals surface area contributed by atoms with Crippen LogP contribution in [-0.2, 0) is 0 Å². The summed E-state index contributed by atoms with van der Waals surface area (Å²) in [5.74, 6) is 0. The van der Waals surface area contributed by atoms with Gasteiger partial charge in [0.2, 0.25) is 0 Å². The van der Waals surface area contributed by atoms with Gasteiger partial charge in [0.15, 0.2) is 0 Å². The van der Waals surface area contributed by atoms with Crippen LogP contribution in [0.15, 0.2) is 0 Å². The van der Waals surface area contributed by atoms with Crippen LogP contribution in [0, 0.1) is 0 Å². The van der Waals surface area contributed by atoms with Gasteiger partial charge in [-0.25, -0.2) is 0 Å². The fourth-order valence-corrected chi connectivity index (χ4v) is 2.63. The number of unbranched alkanes of at least 4 members (excludes halogenated alkanes) is 8. The molecule has 0 unspecified atom stereocenters. The monoisotopic (exact) mass is 255 g/mol. The molecule has 0 heterocycles. The molecule has 110 valence electrons. The van der Waals surface area contributed by atoms with E-state index in [1.807, 2.05) is 0 Å². The zero-order valence-corrected chi connectivity index (χ0v) is 13.3. The van der Waals surface area contributed by atoms with Crippen molar-refractivity contribution in [1.82, 2.24) is 5.32 Å². The van der Waals surface area contributed by atoms with Crippen LogP contribution in [-0.4, -0.2) is 12.6 Å². The molecule has 0 rings (SSSR count). The van der Waals surface area contributed by atoms with Gasteiger partial charge >= 0.3 is 0 Å². The molecule has 0 saturated heterocycles. The molecule has 1 heteroatoms. The average molecular weight is 255 g/mol. The van der Waals surface area contributed by atoms with E-state index in [2.05, 4.69) is 26.1 Å². The fraction of sp³-hybridized carbons (Fsp3) is 1.00. The Balaban J connectivity index is 3.45. The molecule has 0 radical (unpaired) electrons. The molecular formula is C17H37N. The first-order valence-electron chi connectivity index (χ1n) is 8.58. The molecule has 0 bridgehead atoms. The summed E-state index contributed by atoms with van der Waals surface area (Å²) in [7, 11) is 0. The van der Waals surface area contributed by atoms with Crippen LogP contribution in [0.1, 0.15) is 97.8 Å². The molecule has 0 aromatic carbocycles. The van der Waals surface area contributed by atoms with Crippen LogP contribution in [0.4, 0.5) is 0 Å². The Kier molecular flexibility index (Phi) is 15.0. The molecule has 0 spiro atoms. The summed E-state index contributed by atoms with van der Waals surface area (Å²) in [5, 5.41) is 3.66. The Bertz CT molecular complexity index is 131. The lowest BCUT2D eigenvalue weighted by atomic mass is 10.0. The highest BCUT2D eigenvalue weighted by atomic mass is 14.9. The van der Waals surface area contributed by atoms with Crippen molar-refractivity contribution in [3.05, 3.63) is 0 Å². The summed E-state index contributed by atoms with van der Waals surface area (Å²) in [5.41, 5.74) is 0. The molecule has 0 aromatic heterocycles. The minimum absolute atomic E-state index is 0.790. The standard InChI is InChI=1S/C17H37N/c1-4-7-9-11-13-15-17(18-6-3)16-14-12-10-8-5-2/h17-18H,4-16H2,1-3H3. The number of hydrogen-bond acceptors (Lipinski definition) is 1. The van der Waals surface area contributed by atoms with Crippen LogP contribution < -0.4 is 5.32 Å². The minimum atomic E-state index is 0.790.